The second-order valence-corrected chi connectivity index (χ2v) is 5.04. The fraction of sp³-hybridized carbons (Fsp3) is 0. The molecule has 5 heteroatoms. The Morgan fingerprint density at radius 1 is 1.40 bits per heavy atom. The Hall–Kier alpha value is -0.690. The van der Waals surface area contributed by atoms with E-state index in [4.69, 9.17) is 5.11 Å². The van der Waals surface area contributed by atoms with Crippen LogP contribution in [0, 0.1) is 3.57 Å². The summed E-state index contributed by atoms with van der Waals surface area (Å²) < 4.78 is 1.54. The average molecular weight is 378 g/mol. The molecule has 3 nitrogen and oxygen atoms in total. The zero-order valence-electron chi connectivity index (χ0n) is 7.37. The Bertz CT molecular complexity index is 556. The van der Waals surface area contributed by atoms with Crippen LogP contribution in [0.4, 0.5) is 0 Å². The molecule has 1 aromatic carbocycles. The van der Waals surface area contributed by atoms with Gasteiger partial charge < -0.3 is 5.11 Å². The summed E-state index contributed by atoms with van der Waals surface area (Å²) in [6.45, 7) is 0. The summed E-state index contributed by atoms with van der Waals surface area (Å²) >= 11 is 5.30. The molecule has 0 radical (unpaired) electrons. The SMILES string of the molecule is O=C(O)c1nc2cc(Br)ccc2cc1I. The van der Waals surface area contributed by atoms with Crippen molar-refractivity contribution in [2.24, 2.45) is 0 Å². The Balaban J connectivity index is 2.77. The Labute approximate surface area is 108 Å². The average Bonchev–Trinajstić information content (AvgIpc) is 2.17. The molecule has 15 heavy (non-hydrogen) atoms. The van der Waals surface area contributed by atoms with Crippen LogP contribution >= 0.6 is 38.5 Å². The fourth-order valence-corrected chi connectivity index (χ4v) is 2.30. The standard InChI is InChI=1S/C10H5BrINO2/c11-6-2-1-5-3-7(12)9(10(14)15)13-8(5)4-6/h1-4H,(H,14,15). The number of carbonyl (C=O) groups is 1. The number of hydrogen-bond acceptors (Lipinski definition) is 2. The number of halogens is 2. The zero-order chi connectivity index (χ0) is 11.0. The largest absolute Gasteiger partial charge is 0.476 e. The van der Waals surface area contributed by atoms with Gasteiger partial charge in [-0.05, 0) is 40.8 Å². The van der Waals surface area contributed by atoms with Crippen molar-refractivity contribution < 1.29 is 9.90 Å². The van der Waals surface area contributed by atoms with Gasteiger partial charge in [0.25, 0.3) is 0 Å². The summed E-state index contributed by atoms with van der Waals surface area (Å²) in [5.41, 5.74) is 0.781. The van der Waals surface area contributed by atoms with Gasteiger partial charge in [-0.15, -0.1) is 0 Å². The summed E-state index contributed by atoms with van der Waals surface area (Å²) in [6.07, 6.45) is 0. The van der Waals surface area contributed by atoms with E-state index >= 15 is 0 Å². The van der Waals surface area contributed by atoms with Crippen LogP contribution in [-0.2, 0) is 0 Å². The molecule has 0 aliphatic rings. The van der Waals surface area contributed by atoms with Crippen molar-refractivity contribution in [3.05, 3.63) is 38.0 Å². The van der Waals surface area contributed by atoms with Crippen LogP contribution in [0.5, 0.6) is 0 Å². The molecule has 0 spiro atoms. The number of carboxylic acid groups (broad SMARTS) is 1. The smallest absolute Gasteiger partial charge is 0.355 e. The molecule has 76 valence electrons. The van der Waals surface area contributed by atoms with E-state index in [1.54, 1.807) is 6.07 Å². The van der Waals surface area contributed by atoms with E-state index in [0.29, 0.717) is 9.09 Å². The number of pyridine rings is 1. The van der Waals surface area contributed by atoms with Gasteiger partial charge in [0.1, 0.15) is 0 Å². The van der Waals surface area contributed by atoms with E-state index in [2.05, 4.69) is 20.9 Å². The first-order chi connectivity index (χ1) is 7.08. The topological polar surface area (TPSA) is 50.2 Å². The molecule has 0 fully saturated rings. The first-order valence-corrected chi connectivity index (χ1v) is 5.94. The van der Waals surface area contributed by atoms with E-state index in [9.17, 15) is 4.79 Å². The van der Waals surface area contributed by atoms with Crippen molar-refractivity contribution in [2.75, 3.05) is 0 Å². The monoisotopic (exact) mass is 377 g/mol. The highest BCUT2D eigenvalue weighted by Gasteiger charge is 2.11. The van der Waals surface area contributed by atoms with Gasteiger partial charge in [0.05, 0.1) is 5.52 Å². The van der Waals surface area contributed by atoms with Gasteiger partial charge in [-0.2, -0.15) is 0 Å². The van der Waals surface area contributed by atoms with Gasteiger partial charge in [0.2, 0.25) is 0 Å². The molecule has 0 amide bonds. The molecule has 0 aliphatic heterocycles. The van der Waals surface area contributed by atoms with Crippen molar-refractivity contribution >= 4 is 55.4 Å². The molecule has 2 aromatic rings. The van der Waals surface area contributed by atoms with Crippen molar-refractivity contribution in [3.8, 4) is 0 Å². The van der Waals surface area contributed by atoms with Crippen LogP contribution < -0.4 is 0 Å². The Kier molecular flexibility index (Phi) is 2.92. The quantitative estimate of drug-likeness (QED) is 0.776. The van der Waals surface area contributed by atoms with Crippen molar-refractivity contribution in [1.29, 1.82) is 0 Å². The summed E-state index contributed by atoms with van der Waals surface area (Å²) in [6, 6.07) is 7.43. The van der Waals surface area contributed by atoms with Gasteiger partial charge >= 0.3 is 5.97 Å². The molecule has 2 rings (SSSR count). The van der Waals surface area contributed by atoms with Crippen molar-refractivity contribution in [2.45, 2.75) is 0 Å². The maximum atomic E-state index is 10.9. The molecular weight excluding hydrogens is 373 g/mol. The zero-order valence-corrected chi connectivity index (χ0v) is 11.1. The molecule has 1 N–H and O–H groups in total. The molecule has 0 bridgehead atoms. The van der Waals surface area contributed by atoms with Gasteiger partial charge in [-0.25, -0.2) is 9.78 Å². The van der Waals surface area contributed by atoms with Crippen LogP contribution in [-0.4, -0.2) is 16.1 Å². The number of hydrogen-bond donors (Lipinski definition) is 1. The number of aromatic nitrogens is 1. The Morgan fingerprint density at radius 3 is 2.80 bits per heavy atom. The summed E-state index contributed by atoms with van der Waals surface area (Å²) in [5, 5.41) is 9.85. The lowest BCUT2D eigenvalue weighted by Crippen LogP contribution is -2.03. The lowest BCUT2D eigenvalue weighted by atomic mass is 10.2. The number of benzene rings is 1. The first-order valence-electron chi connectivity index (χ1n) is 4.07. The predicted molar refractivity (Wildman–Crippen MR) is 69.1 cm³/mol. The predicted octanol–water partition coefficient (Wildman–Crippen LogP) is 3.30. The molecule has 0 unspecified atom stereocenters. The molecule has 1 aromatic heterocycles. The maximum Gasteiger partial charge on any atom is 0.355 e. The van der Waals surface area contributed by atoms with Gasteiger partial charge in [0, 0.05) is 13.4 Å². The van der Waals surface area contributed by atoms with E-state index in [-0.39, 0.29) is 5.69 Å². The minimum Gasteiger partial charge on any atom is -0.476 e. The highest BCUT2D eigenvalue weighted by atomic mass is 127. The number of carboxylic acids is 1. The second kappa shape index (κ2) is 4.05. The summed E-state index contributed by atoms with van der Waals surface area (Å²) in [4.78, 5) is 15.0. The van der Waals surface area contributed by atoms with Gasteiger partial charge in [0.15, 0.2) is 5.69 Å². The maximum absolute atomic E-state index is 10.9. The lowest BCUT2D eigenvalue weighted by Gasteiger charge is -2.02. The number of rotatable bonds is 1. The van der Waals surface area contributed by atoms with Crippen LogP contribution in [0.2, 0.25) is 0 Å². The molecule has 0 aliphatic carbocycles. The van der Waals surface area contributed by atoms with Crippen molar-refractivity contribution in [1.82, 2.24) is 4.98 Å². The third-order valence-electron chi connectivity index (χ3n) is 1.94. The first kappa shape index (κ1) is 10.8. The number of nitrogens with zero attached hydrogens (tertiary/aromatic N) is 1. The molecule has 1 heterocycles. The number of aromatic carboxylic acids is 1. The fourth-order valence-electron chi connectivity index (χ4n) is 1.26. The van der Waals surface area contributed by atoms with E-state index < -0.39 is 5.97 Å². The van der Waals surface area contributed by atoms with Crippen LogP contribution in [0.25, 0.3) is 10.9 Å². The normalized spacial score (nSPS) is 10.5. The van der Waals surface area contributed by atoms with Crippen LogP contribution in [0.15, 0.2) is 28.7 Å². The lowest BCUT2D eigenvalue weighted by molar-refractivity contribution is 0.0689. The molecule has 0 saturated heterocycles. The van der Waals surface area contributed by atoms with Crippen LogP contribution in [0.3, 0.4) is 0 Å². The van der Waals surface area contributed by atoms with E-state index in [1.165, 1.54) is 0 Å². The third-order valence-corrected chi connectivity index (χ3v) is 3.25. The summed E-state index contributed by atoms with van der Waals surface area (Å²) in [5.74, 6) is -0.999. The Morgan fingerprint density at radius 2 is 2.13 bits per heavy atom. The number of fused-ring (bicyclic) bond motifs is 1. The van der Waals surface area contributed by atoms with Gasteiger partial charge in [-0.1, -0.05) is 22.0 Å². The minimum absolute atomic E-state index is 0.0983. The second-order valence-electron chi connectivity index (χ2n) is 2.96. The van der Waals surface area contributed by atoms with Crippen molar-refractivity contribution in [3.63, 3.8) is 0 Å². The van der Waals surface area contributed by atoms with Gasteiger partial charge in [-0.3, -0.25) is 0 Å². The molecular formula is C10H5BrINO2. The minimum atomic E-state index is -0.999. The molecule has 0 saturated carbocycles. The van der Waals surface area contributed by atoms with Crippen LogP contribution in [0.1, 0.15) is 10.5 Å². The molecule has 0 atom stereocenters. The summed E-state index contributed by atoms with van der Waals surface area (Å²) in [7, 11) is 0. The highest BCUT2D eigenvalue weighted by Crippen LogP contribution is 2.21. The highest BCUT2D eigenvalue weighted by molar-refractivity contribution is 14.1. The van der Waals surface area contributed by atoms with E-state index in [1.807, 2.05) is 40.8 Å². The van der Waals surface area contributed by atoms with E-state index in [0.717, 1.165) is 9.86 Å². The third kappa shape index (κ3) is 2.12.